The molecule has 0 heteroatoms. The molecule has 1 saturated carbocycles. The van der Waals surface area contributed by atoms with Crippen LogP contribution < -0.4 is 0 Å². The van der Waals surface area contributed by atoms with Crippen LogP contribution in [0.1, 0.15) is 78.1 Å². The van der Waals surface area contributed by atoms with Gasteiger partial charge >= 0.3 is 0 Å². The van der Waals surface area contributed by atoms with Crippen LogP contribution in [0.3, 0.4) is 0 Å². The van der Waals surface area contributed by atoms with Crippen molar-refractivity contribution in [3.63, 3.8) is 0 Å². The SMILES string of the molecule is C=C(C(=CCCC)CCCCCC)C1CCC1. The molecule has 0 aromatic carbocycles. The van der Waals surface area contributed by atoms with Crippen molar-refractivity contribution in [1.29, 1.82) is 0 Å². The molecule has 0 heterocycles. The molecule has 0 saturated heterocycles. The summed E-state index contributed by atoms with van der Waals surface area (Å²) in [5.74, 6) is 0.823. The van der Waals surface area contributed by atoms with E-state index >= 15 is 0 Å². The molecule has 0 aromatic heterocycles. The van der Waals surface area contributed by atoms with E-state index in [1.807, 2.05) is 0 Å². The van der Waals surface area contributed by atoms with Crippen LogP contribution in [-0.2, 0) is 0 Å². The molecule has 0 atom stereocenters. The van der Waals surface area contributed by atoms with Crippen LogP contribution in [0.25, 0.3) is 0 Å². The van der Waals surface area contributed by atoms with E-state index in [4.69, 9.17) is 0 Å². The largest absolute Gasteiger partial charge is 0.0953 e. The maximum absolute atomic E-state index is 4.36. The van der Waals surface area contributed by atoms with Gasteiger partial charge in [-0.15, -0.1) is 0 Å². The molecule has 0 unspecified atom stereocenters. The van der Waals surface area contributed by atoms with Gasteiger partial charge in [0.2, 0.25) is 0 Å². The average molecular weight is 234 g/mol. The van der Waals surface area contributed by atoms with Crippen molar-refractivity contribution >= 4 is 0 Å². The lowest BCUT2D eigenvalue weighted by atomic mass is 9.76. The Morgan fingerprint density at radius 1 is 1.12 bits per heavy atom. The first kappa shape index (κ1) is 14.5. The van der Waals surface area contributed by atoms with Gasteiger partial charge in [0.15, 0.2) is 0 Å². The van der Waals surface area contributed by atoms with Crippen LogP contribution in [0, 0.1) is 5.92 Å². The predicted molar refractivity (Wildman–Crippen MR) is 78.2 cm³/mol. The van der Waals surface area contributed by atoms with Crippen LogP contribution in [-0.4, -0.2) is 0 Å². The van der Waals surface area contributed by atoms with Gasteiger partial charge in [-0.2, -0.15) is 0 Å². The highest BCUT2D eigenvalue weighted by molar-refractivity contribution is 5.31. The van der Waals surface area contributed by atoms with Gasteiger partial charge in [0.05, 0.1) is 0 Å². The molecular weight excluding hydrogens is 204 g/mol. The molecule has 0 aliphatic heterocycles. The summed E-state index contributed by atoms with van der Waals surface area (Å²) in [5, 5.41) is 0. The van der Waals surface area contributed by atoms with Gasteiger partial charge in [0.1, 0.15) is 0 Å². The maximum Gasteiger partial charge on any atom is -0.0165 e. The molecule has 0 radical (unpaired) electrons. The molecule has 1 aliphatic carbocycles. The molecule has 1 fully saturated rings. The maximum atomic E-state index is 4.36. The van der Waals surface area contributed by atoms with Crippen molar-refractivity contribution in [3.8, 4) is 0 Å². The van der Waals surface area contributed by atoms with Crippen LogP contribution in [0.2, 0.25) is 0 Å². The molecule has 0 nitrogen and oxygen atoms in total. The minimum atomic E-state index is 0.823. The van der Waals surface area contributed by atoms with Crippen LogP contribution in [0.4, 0.5) is 0 Å². The third kappa shape index (κ3) is 5.10. The summed E-state index contributed by atoms with van der Waals surface area (Å²) in [4.78, 5) is 0. The predicted octanol–water partition coefficient (Wildman–Crippen LogP) is 6.04. The zero-order valence-corrected chi connectivity index (χ0v) is 11.9. The summed E-state index contributed by atoms with van der Waals surface area (Å²) < 4.78 is 0. The zero-order chi connectivity index (χ0) is 12.5. The normalized spacial score (nSPS) is 16.9. The molecule has 0 amide bonds. The van der Waals surface area contributed by atoms with E-state index in [9.17, 15) is 0 Å². The molecule has 0 aromatic rings. The lowest BCUT2D eigenvalue weighted by molar-refractivity contribution is 0.370. The Labute approximate surface area is 108 Å². The summed E-state index contributed by atoms with van der Waals surface area (Å²) in [6, 6.07) is 0. The van der Waals surface area contributed by atoms with Gasteiger partial charge in [-0.1, -0.05) is 58.6 Å². The quantitative estimate of drug-likeness (QED) is 0.337. The number of unbranched alkanes of at least 4 members (excludes halogenated alkanes) is 4. The van der Waals surface area contributed by atoms with Gasteiger partial charge in [-0.05, 0) is 49.2 Å². The lowest BCUT2D eigenvalue weighted by Crippen LogP contribution is -2.14. The zero-order valence-electron chi connectivity index (χ0n) is 11.9. The Bertz CT molecular complexity index is 243. The first-order chi connectivity index (χ1) is 8.29. The fraction of sp³-hybridized carbons (Fsp3) is 0.765. The lowest BCUT2D eigenvalue weighted by Gasteiger charge is -2.29. The molecule has 17 heavy (non-hydrogen) atoms. The summed E-state index contributed by atoms with van der Waals surface area (Å²) >= 11 is 0. The van der Waals surface area contributed by atoms with Crippen molar-refractivity contribution < 1.29 is 0 Å². The number of rotatable bonds is 9. The molecule has 1 rings (SSSR count). The van der Waals surface area contributed by atoms with Crippen molar-refractivity contribution in [2.24, 2.45) is 5.92 Å². The topological polar surface area (TPSA) is 0 Å². The van der Waals surface area contributed by atoms with E-state index in [2.05, 4.69) is 26.5 Å². The fourth-order valence-electron chi connectivity index (χ4n) is 2.47. The molecule has 0 bridgehead atoms. The van der Waals surface area contributed by atoms with E-state index in [1.54, 1.807) is 5.57 Å². The Kier molecular flexibility index (Phi) is 7.32. The average Bonchev–Trinajstić information content (AvgIpc) is 2.25. The summed E-state index contributed by atoms with van der Waals surface area (Å²) in [6.45, 7) is 8.90. The minimum Gasteiger partial charge on any atom is -0.0953 e. The van der Waals surface area contributed by atoms with Gasteiger partial charge in [0.25, 0.3) is 0 Å². The summed E-state index contributed by atoms with van der Waals surface area (Å²) in [7, 11) is 0. The first-order valence-corrected chi connectivity index (χ1v) is 7.67. The van der Waals surface area contributed by atoms with Crippen molar-refractivity contribution in [3.05, 3.63) is 23.8 Å². The molecule has 1 aliphatic rings. The van der Waals surface area contributed by atoms with Crippen molar-refractivity contribution in [2.45, 2.75) is 78.1 Å². The third-order valence-electron chi connectivity index (χ3n) is 3.99. The van der Waals surface area contributed by atoms with Crippen molar-refractivity contribution in [1.82, 2.24) is 0 Å². The molecular formula is C17H30. The second-order valence-corrected chi connectivity index (χ2v) is 5.48. The standard InChI is InChI=1S/C17H30/c1-4-6-8-9-12-16(11-7-5-2)15(3)17-13-10-14-17/h11,17H,3-10,12-14H2,1-2H3. The van der Waals surface area contributed by atoms with E-state index in [-0.39, 0.29) is 0 Å². The number of hydrogen-bond donors (Lipinski definition) is 0. The van der Waals surface area contributed by atoms with Crippen LogP contribution >= 0.6 is 0 Å². The highest BCUT2D eigenvalue weighted by Gasteiger charge is 2.22. The van der Waals surface area contributed by atoms with Gasteiger partial charge in [0, 0.05) is 0 Å². The summed E-state index contributed by atoms with van der Waals surface area (Å²) in [6.07, 6.45) is 15.9. The van der Waals surface area contributed by atoms with Crippen LogP contribution in [0.5, 0.6) is 0 Å². The number of allylic oxidation sites excluding steroid dienone is 3. The molecule has 98 valence electrons. The first-order valence-electron chi connectivity index (χ1n) is 7.67. The highest BCUT2D eigenvalue weighted by Crippen LogP contribution is 2.37. The van der Waals surface area contributed by atoms with Gasteiger partial charge in [-0.3, -0.25) is 0 Å². The second-order valence-electron chi connectivity index (χ2n) is 5.48. The van der Waals surface area contributed by atoms with E-state index in [0.717, 1.165) is 5.92 Å². The Morgan fingerprint density at radius 2 is 1.88 bits per heavy atom. The fourth-order valence-corrected chi connectivity index (χ4v) is 2.47. The van der Waals surface area contributed by atoms with Crippen LogP contribution in [0.15, 0.2) is 23.8 Å². The molecule has 0 spiro atoms. The van der Waals surface area contributed by atoms with E-state index in [0.29, 0.717) is 0 Å². The van der Waals surface area contributed by atoms with Gasteiger partial charge < -0.3 is 0 Å². The smallest absolute Gasteiger partial charge is 0.0165 e. The van der Waals surface area contributed by atoms with E-state index in [1.165, 1.54) is 69.8 Å². The highest BCUT2D eigenvalue weighted by atomic mass is 14.3. The van der Waals surface area contributed by atoms with E-state index < -0.39 is 0 Å². The molecule has 0 N–H and O–H groups in total. The van der Waals surface area contributed by atoms with Gasteiger partial charge in [-0.25, -0.2) is 0 Å². The Morgan fingerprint density at radius 3 is 2.41 bits per heavy atom. The number of hydrogen-bond acceptors (Lipinski definition) is 0. The second kappa shape index (κ2) is 8.55. The Balaban J connectivity index is 2.39. The monoisotopic (exact) mass is 234 g/mol. The summed E-state index contributed by atoms with van der Waals surface area (Å²) in [5.41, 5.74) is 3.06. The Hall–Kier alpha value is -0.520. The minimum absolute atomic E-state index is 0.823. The van der Waals surface area contributed by atoms with Crippen molar-refractivity contribution in [2.75, 3.05) is 0 Å². The third-order valence-corrected chi connectivity index (χ3v) is 3.99.